The zero-order valence-corrected chi connectivity index (χ0v) is 14.6. The van der Waals surface area contributed by atoms with Crippen LogP contribution in [0.1, 0.15) is 20.8 Å². The summed E-state index contributed by atoms with van der Waals surface area (Å²) < 4.78 is 14.3. The number of esters is 3. The molecule has 0 atom stereocenters. The topological polar surface area (TPSA) is 78.9 Å². The molecule has 0 rings (SSSR count). The molecule has 0 saturated carbocycles. The molecule has 0 amide bonds. The van der Waals surface area contributed by atoms with E-state index < -0.39 is 17.4 Å². The molecule has 0 spiro atoms. The smallest absolute Gasteiger partial charge is 0.333 e. The molecule has 0 N–H and O–H groups in total. The Morgan fingerprint density at radius 2 is 1.33 bits per heavy atom. The Morgan fingerprint density at radius 3 is 1.62 bits per heavy atom. The molecule has 0 aliphatic heterocycles. The third-order valence-corrected chi connectivity index (χ3v) is 2.22. The zero-order valence-electron chi connectivity index (χ0n) is 14.6. The van der Waals surface area contributed by atoms with Gasteiger partial charge in [-0.25, -0.2) is 14.4 Å². The van der Waals surface area contributed by atoms with E-state index in [4.69, 9.17) is 9.47 Å². The number of hydrogen-bond donors (Lipinski definition) is 0. The fourth-order valence-electron chi connectivity index (χ4n) is 0.950. The molecule has 0 aliphatic rings. The summed E-state index contributed by atoms with van der Waals surface area (Å²) in [5, 5.41) is 0. The molecule has 0 saturated heterocycles. The number of carbonyl (C=O) groups is 3. The van der Waals surface area contributed by atoms with Crippen LogP contribution in [0.2, 0.25) is 0 Å². The quantitative estimate of drug-likeness (QED) is 0.278. The molecule has 0 unspecified atom stereocenters. The van der Waals surface area contributed by atoms with Crippen LogP contribution < -0.4 is 0 Å². The molecule has 0 bridgehead atoms. The Labute approximate surface area is 143 Å². The lowest BCUT2D eigenvalue weighted by molar-refractivity contribution is -0.146. The van der Waals surface area contributed by atoms with Crippen LogP contribution >= 0.6 is 0 Å². The summed E-state index contributed by atoms with van der Waals surface area (Å²) in [5.41, 5.74) is -0.00556. The molecule has 0 aromatic heterocycles. The van der Waals surface area contributed by atoms with Gasteiger partial charge in [0, 0.05) is 23.1 Å². The van der Waals surface area contributed by atoms with Crippen molar-refractivity contribution < 1.29 is 28.6 Å². The van der Waals surface area contributed by atoms with E-state index in [0.717, 1.165) is 12.2 Å². The van der Waals surface area contributed by atoms with E-state index in [1.165, 1.54) is 6.08 Å². The number of rotatable bonds is 9. The predicted molar refractivity (Wildman–Crippen MR) is 92.1 cm³/mol. The van der Waals surface area contributed by atoms with Crippen molar-refractivity contribution in [1.82, 2.24) is 0 Å². The lowest BCUT2D eigenvalue weighted by Gasteiger charge is -2.22. The summed E-state index contributed by atoms with van der Waals surface area (Å²) in [6.45, 7) is 19.2. The summed E-state index contributed by atoms with van der Waals surface area (Å²) >= 11 is 0. The fraction of sp³-hybridized carbons (Fsp3) is 0.389. The van der Waals surface area contributed by atoms with Crippen molar-refractivity contribution in [2.45, 2.75) is 20.8 Å². The van der Waals surface area contributed by atoms with Gasteiger partial charge in [-0.3, -0.25) is 0 Å². The predicted octanol–water partition coefficient (Wildman–Crippen LogP) is 2.76. The third kappa shape index (κ3) is 14.3. The van der Waals surface area contributed by atoms with Gasteiger partial charge >= 0.3 is 17.9 Å². The molecule has 6 heteroatoms. The molecule has 0 aromatic rings. The maximum absolute atomic E-state index is 10.8. The molecule has 0 heterocycles. The summed E-state index contributed by atoms with van der Waals surface area (Å²) in [4.78, 5) is 32.1. The third-order valence-electron chi connectivity index (χ3n) is 2.22. The van der Waals surface area contributed by atoms with E-state index in [-0.39, 0.29) is 25.8 Å². The van der Waals surface area contributed by atoms with Crippen molar-refractivity contribution in [3.05, 3.63) is 50.1 Å². The first-order chi connectivity index (χ1) is 11.1. The minimum Gasteiger partial charge on any atom is -0.462 e. The molecule has 24 heavy (non-hydrogen) atoms. The highest BCUT2D eigenvalue weighted by Crippen LogP contribution is 2.16. The first-order valence-corrected chi connectivity index (χ1v) is 7.11. The maximum atomic E-state index is 10.8. The van der Waals surface area contributed by atoms with Crippen molar-refractivity contribution in [3.8, 4) is 0 Å². The van der Waals surface area contributed by atoms with Crippen LogP contribution in [0.3, 0.4) is 0 Å². The maximum Gasteiger partial charge on any atom is 0.333 e. The molecule has 134 valence electrons. The molecule has 0 fully saturated rings. The van der Waals surface area contributed by atoms with E-state index in [1.54, 1.807) is 6.92 Å². The largest absolute Gasteiger partial charge is 0.462 e. The number of hydrogen-bond acceptors (Lipinski definition) is 6. The normalized spacial score (nSPS) is 9.46. The van der Waals surface area contributed by atoms with Crippen molar-refractivity contribution in [2.24, 2.45) is 5.41 Å². The monoisotopic (exact) mass is 338 g/mol. The highest BCUT2D eigenvalue weighted by Gasteiger charge is 2.21. The van der Waals surface area contributed by atoms with Gasteiger partial charge in [0.05, 0.1) is 13.2 Å². The highest BCUT2D eigenvalue weighted by molar-refractivity contribution is 5.87. The summed E-state index contributed by atoms with van der Waals surface area (Å²) in [5.74, 6) is -1.34. The first kappa shape index (κ1) is 23.6. The molecular formula is C18H26O6. The van der Waals surface area contributed by atoms with Gasteiger partial charge in [0.15, 0.2) is 0 Å². The van der Waals surface area contributed by atoms with Crippen molar-refractivity contribution in [1.29, 1.82) is 0 Å². The van der Waals surface area contributed by atoms with E-state index in [0.29, 0.717) is 5.57 Å². The lowest BCUT2D eigenvalue weighted by atomic mass is 9.96. The van der Waals surface area contributed by atoms with Crippen molar-refractivity contribution >= 4 is 17.9 Å². The Kier molecular flexibility index (Phi) is 12.7. The zero-order chi connectivity index (χ0) is 19.2. The van der Waals surface area contributed by atoms with Gasteiger partial charge in [0.1, 0.15) is 6.61 Å². The van der Waals surface area contributed by atoms with Gasteiger partial charge in [-0.2, -0.15) is 0 Å². The Hall–Kier alpha value is -2.63. The van der Waals surface area contributed by atoms with Gasteiger partial charge in [-0.1, -0.05) is 46.2 Å². The Bertz CT molecular complexity index is 462. The van der Waals surface area contributed by atoms with E-state index in [1.807, 2.05) is 13.8 Å². The van der Waals surface area contributed by atoms with Crippen LogP contribution in [0.5, 0.6) is 0 Å². The SMILES string of the molecule is C=CC(=O)OCC(C)(C)COC(=O)C=C.C=CCOC(=O)C(=C)C. The average molecular weight is 338 g/mol. The van der Waals surface area contributed by atoms with E-state index in [2.05, 4.69) is 31.1 Å². The van der Waals surface area contributed by atoms with E-state index >= 15 is 0 Å². The second-order valence-electron chi connectivity index (χ2n) is 5.46. The van der Waals surface area contributed by atoms with Crippen LogP contribution in [-0.4, -0.2) is 37.7 Å². The van der Waals surface area contributed by atoms with E-state index in [9.17, 15) is 14.4 Å². The Morgan fingerprint density at radius 1 is 0.917 bits per heavy atom. The van der Waals surface area contributed by atoms with Crippen molar-refractivity contribution in [2.75, 3.05) is 19.8 Å². The van der Waals surface area contributed by atoms with Crippen LogP contribution in [0, 0.1) is 5.41 Å². The molecule has 0 aromatic carbocycles. The van der Waals surface area contributed by atoms with Crippen molar-refractivity contribution in [3.63, 3.8) is 0 Å². The van der Waals surface area contributed by atoms with Crippen LogP contribution in [0.25, 0.3) is 0 Å². The summed E-state index contributed by atoms with van der Waals surface area (Å²) in [6.07, 6.45) is 3.69. The second kappa shape index (κ2) is 12.9. The van der Waals surface area contributed by atoms with Crippen LogP contribution in [0.4, 0.5) is 0 Å². The molecule has 0 radical (unpaired) electrons. The second-order valence-corrected chi connectivity index (χ2v) is 5.46. The van der Waals surface area contributed by atoms with Crippen LogP contribution in [0.15, 0.2) is 50.1 Å². The van der Waals surface area contributed by atoms with Gasteiger partial charge in [-0.05, 0) is 6.92 Å². The minimum absolute atomic E-state index is 0.169. The summed E-state index contributed by atoms with van der Waals surface area (Å²) in [6, 6.07) is 0. The Balaban J connectivity index is 0. The first-order valence-electron chi connectivity index (χ1n) is 7.11. The van der Waals surface area contributed by atoms with Gasteiger partial charge in [0.2, 0.25) is 0 Å². The standard InChI is InChI=1S/C11H16O4.C7H10O2/c1-5-9(12)14-7-11(3,4)8-15-10(13)6-2;1-4-5-9-7(8)6(2)3/h5-6H,1-2,7-8H2,3-4H3;4H,1-2,5H2,3H3. The molecule has 6 nitrogen and oxygen atoms in total. The molecular weight excluding hydrogens is 312 g/mol. The summed E-state index contributed by atoms with van der Waals surface area (Å²) in [7, 11) is 0. The highest BCUT2D eigenvalue weighted by atomic mass is 16.5. The minimum atomic E-state index is -0.488. The average Bonchev–Trinajstić information content (AvgIpc) is 2.55. The fourth-order valence-corrected chi connectivity index (χ4v) is 0.950. The van der Waals surface area contributed by atoms with Crippen LogP contribution in [-0.2, 0) is 28.6 Å². The molecule has 0 aliphatic carbocycles. The number of carbonyl (C=O) groups excluding carboxylic acids is 3. The lowest BCUT2D eigenvalue weighted by Crippen LogP contribution is -2.27. The number of ether oxygens (including phenoxy) is 3. The van der Waals surface area contributed by atoms with Gasteiger partial charge in [0.25, 0.3) is 0 Å². The van der Waals surface area contributed by atoms with Gasteiger partial charge in [-0.15, -0.1) is 0 Å². The van der Waals surface area contributed by atoms with Gasteiger partial charge < -0.3 is 14.2 Å².